The number of para-hydroxylation sites is 1. The number of nitrogens with one attached hydrogen (secondary N) is 2. The fourth-order valence-electron chi connectivity index (χ4n) is 1.60. The molecule has 0 unspecified atom stereocenters. The van der Waals surface area contributed by atoms with Crippen molar-refractivity contribution < 1.29 is 0 Å². The molecular formula is C11H14N2. The van der Waals surface area contributed by atoms with Crippen LogP contribution in [0.15, 0.2) is 30.5 Å². The Morgan fingerprint density at radius 1 is 1.31 bits per heavy atom. The van der Waals surface area contributed by atoms with E-state index in [1.54, 1.807) is 0 Å². The van der Waals surface area contributed by atoms with Gasteiger partial charge in [-0.25, -0.2) is 0 Å². The molecule has 0 atom stereocenters. The first kappa shape index (κ1) is 8.32. The number of aromatic amines is 1. The standard InChI is InChI=1S/C11H14N2/c1-12-7-6-9-8-13-11-5-3-2-4-10(9)11/h2-5,8,12-13H,6-7H2,1H3/i1-1. The summed E-state index contributed by atoms with van der Waals surface area (Å²) in [6.07, 6.45) is 3.18. The van der Waals surface area contributed by atoms with Gasteiger partial charge in [0.05, 0.1) is 0 Å². The Labute approximate surface area is 78.0 Å². The van der Waals surface area contributed by atoms with Gasteiger partial charge in [-0.05, 0) is 31.6 Å². The van der Waals surface area contributed by atoms with Crippen molar-refractivity contribution >= 4 is 10.9 Å². The van der Waals surface area contributed by atoms with Gasteiger partial charge in [0.25, 0.3) is 0 Å². The average Bonchev–Trinajstić information content (AvgIpc) is 2.58. The van der Waals surface area contributed by atoms with Crippen molar-refractivity contribution in [3.8, 4) is 0 Å². The van der Waals surface area contributed by atoms with Crippen LogP contribution in [0.4, 0.5) is 0 Å². The maximum atomic E-state index is 3.27. The third kappa shape index (κ3) is 1.58. The molecule has 0 amide bonds. The van der Waals surface area contributed by atoms with E-state index < -0.39 is 0 Å². The van der Waals surface area contributed by atoms with E-state index in [-0.39, 0.29) is 0 Å². The first-order chi connectivity index (χ1) is 6.42. The Morgan fingerprint density at radius 3 is 3.00 bits per heavy atom. The molecule has 1 aromatic heterocycles. The van der Waals surface area contributed by atoms with Crippen LogP contribution >= 0.6 is 0 Å². The van der Waals surface area contributed by atoms with Gasteiger partial charge in [-0.1, -0.05) is 18.2 Å². The minimum absolute atomic E-state index is 1.03. The predicted molar refractivity (Wildman–Crippen MR) is 55.9 cm³/mol. The minimum Gasteiger partial charge on any atom is -0.361 e. The molecule has 2 rings (SSSR count). The number of hydrogen-bond acceptors (Lipinski definition) is 1. The Balaban J connectivity index is 2.35. The van der Waals surface area contributed by atoms with Gasteiger partial charge in [0.1, 0.15) is 0 Å². The zero-order valence-corrected chi connectivity index (χ0v) is 7.80. The molecular weight excluding hydrogens is 159 g/mol. The molecule has 13 heavy (non-hydrogen) atoms. The highest BCUT2D eigenvalue weighted by Gasteiger charge is 2.00. The second-order valence-electron chi connectivity index (χ2n) is 3.21. The van der Waals surface area contributed by atoms with E-state index in [1.165, 1.54) is 16.5 Å². The summed E-state index contributed by atoms with van der Waals surface area (Å²) in [5.74, 6) is 0. The smallest absolute Gasteiger partial charge is 0.0456 e. The molecule has 0 aliphatic carbocycles. The van der Waals surface area contributed by atoms with E-state index in [4.69, 9.17) is 0 Å². The Kier molecular flexibility index (Phi) is 2.32. The molecule has 2 heteroatoms. The molecule has 68 valence electrons. The van der Waals surface area contributed by atoms with Crippen molar-refractivity contribution in [3.63, 3.8) is 0 Å². The molecule has 1 heterocycles. The molecule has 2 aromatic rings. The van der Waals surface area contributed by atoms with Crippen molar-refractivity contribution in [3.05, 3.63) is 36.0 Å². The minimum atomic E-state index is 1.03. The van der Waals surface area contributed by atoms with E-state index in [9.17, 15) is 0 Å². The molecule has 0 radical (unpaired) electrons. The van der Waals surface area contributed by atoms with E-state index in [1.807, 2.05) is 7.05 Å². The summed E-state index contributed by atoms with van der Waals surface area (Å²) in [5, 5.41) is 4.50. The normalized spacial score (nSPS) is 10.8. The second-order valence-corrected chi connectivity index (χ2v) is 3.21. The van der Waals surface area contributed by atoms with Gasteiger partial charge in [0.15, 0.2) is 0 Å². The molecule has 0 fully saturated rings. The molecule has 0 saturated carbocycles. The third-order valence-electron chi connectivity index (χ3n) is 2.32. The van der Waals surface area contributed by atoms with E-state index in [0.29, 0.717) is 0 Å². The quantitative estimate of drug-likeness (QED) is 0.729. The van der Waals surface area contributed by atoms with E-state index >= 15 is 0 Å². The summed E-state index contributed by atoms with van der Waals surface area (Å²) >= 11 is 0. The lowest BCUT2D eigenvalue weighted by Gasteiger charge is -1.97. The van der Waals surface area contributed by atoms with Crippen LogP contribution in [0.1, 0.15) is 5.56 Å². The molecule has 0 bridgehead atoms. The molecule has 0 saturated heterocycles. The molecule has 0 spiro atoms. The van der Waals surface area contributed by atoms with Gasteiger partial charge in [-0.3, -0.25) is 0 Å². The molecule has 0 aliphatic rings. The fourth-order valence-corrected chi connectivity index (χ4v) is 1.60. The summed E-state index contributed by atoms with van der Waals surface area (Å²) in [7, 11) is 1.98. The van der Waals surface area contributed by atoms with Crippen LogP contribution < -0.4 is 5.32 Å². The van der Waals surface area contributed by atoms with Crippen molar-refractivity contribution in [2.45, 2.75) is 6.42 Å². The lowest BCUT2D eigenvalue weighted by molar-refractivity contribution is 0.795. The number of rotatable bonds is 3. The molecule has 2 N–H and O–H groups in total. The van der Waals surface area contributed by atoms with Gasteiger partial charge < -0.3 is 10.3 Å². The van der Waals surface area contributed by atoms with Gasteiger partial charge in [-0.2, -0.15) is 0 Å². The maximum absolute atomic E-state index is 3.27. The van der Waals surface area contributed by atoms with Crippen molar-refractivity contribution in [1.29, 1.82) is 0 Å². The summed E-state index contributed by atoms with van der Waals surface area (Å²) < 4.78 is 0. The summed E-state index contributed by atoms with van der Waals surface area (Å²) in [5.41, 5.74) is 2.62. The lowest BCUT2D eigenvalue weighted by Crippen LogP contribution is -2.09. The predicted octanol–water partition coefficient (Wildman–Crippen LogP) is 1.93. The van der Waals surface area contributed by atoms with E-state index in [2.05, 4.69) is 40.8 Å². The number of aromatic nitrogens is 1. The van der Waals surface area contributed by atoms with Crippen LogP contribution in [0.3, 0.4) is 0 Å². The zero-order chi connectivity index (χ0) is 9.10. The second kappa shape index (κ2) is 3.62. The highest BCUT2D eigenvalue weighted by molar-refractivity contribution is 5.82. The Hall–Kier alpha value is -1.28. The van der Waals surface area contributed by atoms with Gasteiger partial charge in [-0.15, -0.1) is 0 Å². The molecule has 1 aromatic carbocycles. The van der Waals surface area contributed by atoms with Crippen molar-refractivity contribution in [1.82, 2.24) is 10.3 Å². The summed E-state index contributed by atoms with van der Waals surface area (Å²) in [4.78, 5) is 3.27. The largest absolute Gasteiger partial charge is 0.361 e. The maximum Gasteiger partial charge on any atom is 0.0456 e. The number of hydrogen-bond donors (Lipinski definition) is 2. The first-order valence-electron chi connectivity index (χ1n) is 4.61. The van der Waals surface area contributed by atoms with Crippen LogP contribution in [0.5, 0.6) is 0 Å². The number of likely N-dealkylation sites (N-methyl/N-ethyl adjacent to an activating group) is 1. The van der Waals surface area contributed by atoms with Gasteiger partial charge in [0.2, 0.25) is 0 Å². The summed E-state index contributed by atoms with van der Waals surface area (Å²) in [6, 6.07) is 8.41. The van der Waals surface area contributed by atoms with E-state index in [0.717, 1.165) is 13.0 Å². The summed E-state index contributed by atoms with van der Waals surface area (Å²) in [6.45, 7) is 1.03. The topological polar surface area (TPSA) is 27.8 Å². The first-order valence-corrected chi connectivity index (χ1v) is 4.61. The lowest BCUT2D eigenvalue weighted by atomic mass is 10.1. The monoisotopic (exact) mass is 173 g/mol. The van der Waals surface area contributed by atoms with Crippen LogP contribution in [0.2, 0.25) is 0 Å². The highest BCUT2D eigenvalue weighted by atomic mass is 14.7. The Bertz CT molecular complexity index is 390. The third-order valence-corrected chi connectivity index (χ3v) is 2.32. The number of benzene rings is 1. The SMILES string of the molecule is [11CH3]NCCc1c[nH]c2ccccc12. The average molecular weight is 173 g/mol. The molecule has 2 nitrogen and oxygen atoms in total. The van der Waals surface area contributed by atoms with Gasteiger partial charge >= 0.3 is 0 Å². The zero-order valence-electron chi connectivity index (χ0n) is 7.80. The molecule has 0 aliphatic heterocycles. The fraction of sp³-hybridized carbons (Fsp3) is 0.273. The van der Waals surface area contributed by atoms with Gasteiger partial charge in [0, 0.05) is 17.1 Å². The van der Waals surface area contributed by atoms with Crippen LogP contribution in [-0.4, -0.2) is 18.6 Å². The van der Waals surface area contributed by atoms with Crippen molar-refractivity contribution in [2.75, 3.05) is 13.6 Å². The highest BCUT2D eigenvalue weighted by Crippen LogP contribution is 2.17. The van der Waals surface area contributed by atoms with Crippen LogP contribution in [-0.2, 0) is 6.42 Å². The number of fused-ring (bicyclic) bond motifs is 1. The number of H-pyrrole nitrogens is 1. The van der Waals surface area contributed by atoms with Crippen LogP contribution in [0, 0.1) is 0 Å². The Morgan fingerprint density at radius 2 is 2.15 bits per heavy atom. The van der Waals surface area contributed by atoms with Crippen molar-refractivity contribution in [2.24, 2.45) is 0 Å². The van der Waals surface area contributed by atoms with Crippen LogP contribution in [0.25, 0.3) is 10.9 Å².